The first-order chi connectivity index (χ1) is 9.94. The Morgan fingerprint density at radius 3 is 2.43 bits per heavy atom. The van der Waals surface area contributed by atoms with Gasteiger partial charge in [-0.25, -0.2) is 13.1 Å². The van der Waals surface area contributed by atoms with E-state index in [9.17, 15) is 8.42 Å². The highest BCUT2D eigenvalue weighted by Gasteiger charge is 2.11. The van der Waals surface area contributed by atoms with Gasteiger partial charge in [0.25, 0.3) is 0 Å². The van der Waals surface area contributed by atoms with Crippen molar-refractivity contribution in [3.8, 4) is 0 Å². The molecule has 0 aliphatic carbocycles. The Balaban J connectivity index is 1.88. The molecule has 0 fully saturated rings. The van der Waals surface area contributed by atoms with Crippen molar-refractivity contribution < 1.29 is 8.42 Å². The first-order valence-electron chi connectivity index (χ1n) is 6.51. The second-order valence-electron chi connectivity index (χ2n) is 4.77. The van der Waals surface area contributed by atoms with E-state index in [1.54, 1.807) is 36.4 Å². The van der Waals surface area contributed by atoms with Crippen molar-refractivity contribution in [2.24, 2.45) is 0 Å². The van der Waals surface area contributed by atoms with Crippen molar-refractivity contribution in [3.63, 3.8) is 0 Å². The molecule has 0 aromatic heterocycles. The highest BCUT2D eigenvalue weighted by atomic mass is 35.5. The lowest BCUT2D eigenvalue weighted by Gasteiger charge is -2.07. The summed E-state index contributed by atoms with van der Waals surface area (Å²) in [6, 6.07) is 14.2. The molecule has 0 spiro atoms. The Morgan fingerprint density at radius 1 is 1.05 bits per heavy atom. The van der Waals surface area contributed by atoms with E-state index in [0.717, 1.165) is 5.56 Å². The van der Waals surface area contributed by atoms with Crippen LogP contribution in [0.5, 0.6) is 0 Å². The first-order valence-corrected chi connectivity index (χ1v) is 8.54. The molecule has 3 N–H and O–H groups in total. The number of halogens is 1. The summed E-state index contributed by atoms with van der Waals surface area (Å²) in [5, 5.41) is 0.668. The zero-order valence-electron chi connectivity index (χ0n) is 11.4. The number of anilines is 1. The van der Waals surface area contributed by atoms with Gasteiger partial charge in [-0.3, -0.25) is 0 Å². The van der Waals surface area contributed by atoms with Crippen LogP contribution in [0.25, 0.3) is 0 Å². The summed E-state index contributed by atoms with van der Waals surface area (Å²) in [6.07, 6.45) is 0.618. The van der Waals surface area contributed by atoms with Gasteiger partial charge in [0.05, 0.1) is 5.75 Å². The molecule has 112 valence electrons. The quantitative estimate of drug-likeness (QED) is 0.802. The second-order valence-corrected chi connectivity index (χ2v) is 7.02. The molecule has 0 amide bonds. The summed E-state index contributed by atoms with van der Waals surface area (Å²) in [6.45, 7) is 0.353. The van der Waals surface area contributed by atoms with E-state index in [1.807, 2.05) is 12.1 Å². The largest absolute Gasteiger partial charge is 0.399 e. The van der Waals surface area contributed by atoms with Crippen LogP contribution in [0, 0.1) is 0 Å². The minimum absolute atomic E-state index is 0.0708. The smallest absolute Gasteiger partial charge is 0.215 e. The maximum Gasteiger partial charge on any atom is 0.215 e. The average molecular weight is 325 g/mol. The minimum Gasteiger partial charge on any atom is -0.399 e. The molecule has 0 unspecified atom stereocenters. The third-order valence-corrected chi connectivity index (χ3v) is 4.57. The molecule has 0 radical (unpaired) electrons. The molecule has 2 rings (SSSR count). The van der Waals surface area contributed by atoms with Crippen LogP contribution in [0.1, 0.15) is 11.1 Å². The second kappa shape index (κ2) is 6.93. The van der Waals surface area contributed by atoms with Crippen LogP contribution in [0.2, 0.25) is 5.02 Å². The predicted octanol–water partition coefficient (Wildman–Crippen LogP) is 2.58. The minimum atomic E-state index is -3.36. The fraction of sp³-hybridized carbons (Fsp3) is 0.200. The van der Waals surface area contributed by atoms with Crippen molar-refractivity contribution in [2.75, 3.05) is 12.3 Å². The number of rotatable bonds is 6. The summed E-state index contributed by atoms with van der Waals surface area (Å²) in [4.78, 5) is 0. The number of hydrogen-bond acceptors (Lipinski definition) is 3. The predicted molar refractivity (Wildman–Crippen MR) is 86.6 cm³/mol. The molecule has 4 nitrogen and oxygen atoms in total. The standard InChI is InChI=1S/C15H17ClN2O2S/c16-14-6-4-12(5-7-14)8-9-18-21(19,20)11-13-2-1-3-15(17)10-13/h1-7,10,18H,8-9,11,17H2. The number of nitrogen functional groups attached to an aromatic ring is 1. The van der Waals surface area contributed by atoms with E-state index >= 15 is 0 Å². The first kappa shape index (κ1) is 15.8. The molecule has 6 heteroatoms. The Labute approximate surface area is 130 Å². The molecule has 0 aliphatic heterocycles. The van der Waals surface area contributed by atoms with Gasteiger partial charge in [0.1, 0.15) is 0 Å². The highest BCUT2D eigenvalue weighted by Crippen LogP contribution is 2.11. The van der Waals surface area contributed by atoms with Gasteiger partial charge in [-0.1, -0.05) is 35.9 Å². The lowest BCUT2D eigenvalue weighted by atomic mass is 10.2. The summed E-state index contributed by atoms with van der Waals surface area (Å²) >= 11 is 5.80. The summed E-state index contributed by atoms with van der Waals surface area (Å²) in [5.41, 5.74) is 7.91. The van der Waals surface area contributed by atoms with Gasteiger partial charge in [-0.05, 0) is 41.8 Å². The molecule has 2 aromatic carbocycles. The summed E-state index contributed by atoms with van der Waals surface area (Å²) < 4.78 is 26.6. The average Bonchev–Trinajstić information content (AvgIpc) is 2.40. The van der Waals surface area contributed by atoms with Crippen LogP contribution in [0.3, 0.4) is 0 Å². The topological polar surface area (TPSA) is 72.2 Å². The van der Waals surface area contributed by atoms with Crippen molar-refractivity contribution in [1.82, 2.24) is 4.72 Å². The van der Waals surface area contributed by atoms with Gasteiger partial charge in [-0.15, -0.1) is 0 Å². The van der Waals surface area contributed by atoms with E-state index < -0.39 is 10.0 Å². The van der Waals surface area contributed by atoms with Gasteiger partial charge < -0.3 is 5.73 Å². The van der Waals surface area contributed by atoms with Crippen molar-refractivity contribution in [1.29, 1.82) is 0 Å². The van der Waals surface area contributed by atoms with Crippen LogP contribution in [-0.4, -0.2) is 15.0 Å². The van der Waals surface area contributed by atoms with Crippen LogP contribution < -0.4 is 10.5 Å². The molecule has 0 atom stereocenters. The van der Waals surface area contributed by atoms with Gasteiger partial charge in [0.15, 0.2) is 0 Å². The van der Waals surface area contributed by atoms with E-state index in [2.05, 4.69) is 4.72 Å². The van der Waals surface area contributed by atoms with Gasteiger partial charge in [0.2, 0.25) is 10.0 Å². The van der Waals surface area contributed by atoms with Crippen LogP contribution in [-0.2, 0) is 22.2 Å². The van der Waals surface area contributed by atoms with E-state index in [1.165, 1.54) is 0 Å². The number of sulfonamides is 1. The summed E-state index contributed by atoms with van der Waals surface area (Å²) in [5.74, 6) is -0.0708. The molecule has 0 heterocycles. The zero-order valence-corrected chi connectivity index (χ0v) is 13.0. The van der Waals surface area contributed by atoms with Crippen LogP contribution in [0.15, 0.2) is 48.5 Å². The molecule has 2 aromatic rings. The van der Waals surface area contributed by atoms with Gasteiger partial charge in [0, 0.05) is 17.3 Å². The normalized spacial score (nSPS) is 11.5. The summed E-state index contributed by atoms with van der Waals surface area (Å²) in [7, 11) is -3.36. The van der Waals surface area contributed by atoms with Crippen molar-refractivity contribution >= 4 is 27.3 Å². The van der Waals surface area contributed by atoms with Crippen molar-refractivity contribution in [2.45, 2.75) is 12.2 Å². The number of nitrogens with two attached hydrogens (primary N) is 1. The molecular weight excluding hydrogens is 308 g/mol. The van der Waals surface area contributed by atoms with E-state index in [-0.39, 0.29) is 5.75 Å². The number of hydrogen-bond donors (Lipinski definition) is 2. The highest BCUT2D eigenvalue weighted by molar-refractivity contribution is 7.88. The lowest BCUT2D eigenvalue weighted by molar-refractivity contribution is 0.581. The Hall–Kier alpha value is -1.56. The monoisotopic (exact) mass is 324 g/mol. The van der Waals surface area contributed by atoms with Crippen LogP contribution in [0.4, 0.5) is 5.69 Å². The number of nitrogens with one attached hydrogen (secondary N) is 1. The SMILES string of the molecule is Nc1cccc(CS(=O)(=O)NCCc2ccc(Cl)cc2)c1. The Bertz CT molecular complexity index is 700. The Kier molecular flexibility index (Phi) is 5.22. The zero-order chi connectivity index (χ0) is 15.3. The molecule has 0 saturated carbocycles. The molecule has 0 aliphatic rings. The Morgan fingerprint density at radius 2 is 1.76 bits per heavy atom. The van der Waals surface area contributed by atoms with E-state index in [0.29, 0.717) is 29.2 Å². The van der Waals surface area contributed by atoms with Gasteiger partial charge in [-0.2, -0.15) is 0 Å². The molecular formula is C15H17ClN2O2S. The van der Waals surface area contributed by atoms with E-state index in [4.69, 9.17) is 17.3 Å². The van der Waals surface area contributed by atoms with Crippen molar-refractivity contribution in [3.05, 3.63) is 64.7 Å². The number of benzene rings is 2. The molecule has 21 heavy (non-hydrogen) atoms. The maximum atomic E-state index is 12.0. The fourth-order valence-corrected chi connectivity index (χ4v) is 3.21. The third kappa shape index (κ3) is 5.38. The molecule has 0 saturated heterocycles. The lowest BCUT2D eigenvalue weighted by Crippen LogP contribution is -2.27. The fourth-order valence-electron chi connectivity index (χ4n) is 1.96. The maximum absolute atomic E-state index is 12.0. The van der Waals surface area contributed by atoms with Crippen LogP contribution >= 0.6 is 11.6 Å². The third-order valence-electron chi connectivity index (χ3n) is 2.96. The van der Waals surface area contributed by atoms with Gasteiger partial charge >= 0.3 is 0 Å². The molecule has 0 bridgehead atoms.